The molecule has 0 amide bonds. The molecule has 1 aromatic rings. The van der Waals surface area contributed by atoms with Crippen molar-refractivity contribution in [3.8, 4) is 5.75 Å². The van der Waals surface area contributed by atoms with Gasteiger partial charge in [-0.1, -0.05) is 0 Å². The maximum atomic E-state index is 12.4. The van der Waals surface area contributed by atoms with Crippen LogP contribution in [0.2, 0.25) is 0 Å². The second-order valence-electron chi connectivity index (χ2n) is 1.96. The average molecular weight is 174 g/mol. The number of rotatable bonds is 1. The molecule has 0 fully saturated rings. The molecule has 0 bridgehead atoms. The van der Waals surface area contributed by atoms with Crippen molar-refractivity contribution in [1.82, 2.24) is 0 Å². The number of halogens is 2. The van der Waals surface area contributed by atoms with Crippen LogP contribution in [-0.2, 0) is 0 Å². The Morgan fingerprint density at radius 1 is 1.58 bits per heavy atom. The van der Waals surface area contributed by atoms with Gasteiger partial charge in [0.15, 0.2) is 11.6 Å². The predicted molar refractivity (Wildman–Crippen MR) is 36.8 cm³/mol. The van der Waals surface area contributed by atoms with E-state index in [0.717, 1.165) is 12.1 Å². The SMILES string of the molecule is O=c1cc(O)cc(/C(F)=C/F)o1. The van der Waals surface area contributed by atoms with Gasteiger partial charge in [0.2, 0.25) is 0 Å². The second-order valence-corrected chi connectivity index (χ2v) is 1.96. The van der Waals surface area contributed by atoms with Crippen LogP contribution in [0.5, 0.6) is 5.75 Å². The van der Waals surface area contributed by atoms with Crippen LogP contribution in [0.25, 0.3) is 5.83 Å². The molecule has 0 radical (unpaired) electrons. The Balaban J connectivity index is 3.27. The Kier molecular flexibility index (Phi) is 2.23. The van der Waals surface area contributed by atoms with E-state index in [1.54, 1.807) is 0 Å². The van der Waals surface area contributed by atoms with Gasteiger partial charge in [0.05, 0.1) is 6.07 Å². The summed E-state index contributed by atoms with van der Waals surface area (Å²) in [6, 6.07) is 1.54. The summed E-state index contributed by atoms with van der Waals surface area (Å²) in [5.41, 5.74) is -0.943. The molecule has 1 aromatic heterocycles. The Morgan fingerprint density at radius 3 is 2.75 bits per heavy atom. The van der Waals surface area contributed by atoms with Crippen molar-refractivity contribution < 1.29 is 18.3 Å². The van der Waals surface area contributed by atoms with E-state index in [9.17, 15) is 13.6 Å². The summed E-state index contributed by atoms with van der Waals surface area (Å²) in [6.45, 7) is 0. The van der Waals surface area contributed by atoms with Crippen LogP contribution in [0.4, 0.5) is 8.78 Å². The summed E-state index contributed by atoms with van der Waals surface area (Å²) in [6.07, 6.45) is -0.363. The van der Waals surface area contributed by atoms with E-state index in [0.29, 0.717) is 0 Å². The van der Waals surface area contributed by atoms with Crippen LogP contribution >= 0.6 is 0 Å². The third-order valence-electron chi connectivity index (χ3n) is 1.09. The molecule has 1 rings (SSSR count). The molecule has 64 valence electrons. The third-order valence-corrected chi connectivity index (χ3v) is 1.09. The van der Waals surface area contributed by atoms with Crippen LogP contribution in [0, 0.1) is 0 Å². The van der Waals surface area contributed by atoms with Crippen LogP contribution in [0.1, 0.15) is 5.76 Å². The Hall–Kier alpha value is -1.65. The molecule has 0 atom stereocenters. The molecule has 0 aliphatic heterocycles. The second kappa shape index (κ2) is 3.17. The zero-order chi connectivity index (χ0) is 9.14. The largest absolute Gasteiger partial charge is 0.508 e. The summed E-state index contributed by atoms with van der Waals surface area (Å²) < 4.78 is 28.1. The minimum absolute atomic E-state index is 0.363. The molecular formula is C7H4F2O3. The number of hydrogen-bond acceptors (Lipinski definition) is 3. The number of aromatic hydroxyl groups is 1. The average Bonchev–Trinajstić information content (AvgIpc) is 2.01. The van der Waals surface area contributed by atoms with Crippen LogP contribution in [-0.4, -0.2) is 5.11 Å². The van der Waals surface area contributed by atoms with Gasteiger partial charge in [-0.3, -0.25) is 0 Å². The monoisotopic (exact) mass is 174 g/mol. The zero-order valence-corrected chi connectivity index (χ0v) is 5.75. The highest BCUT2D eigenvalue weighted by atomic mass is 19.2. The van der Waals surface area contributed by atoms with Gasteiger partial charge in [-0.2, -0.15) is 0 Å². The molecule has 3 nitrogen and oxygen atoms in total. The maximum absolute atomic E-state index is 12.4. The van der Waals surface area contributed by atoms with E-state index in [2.05, 4.69) is 4.42 Å². The fraction of sp³-hybridized carbons (Fsp3) is 0. The van der Waals surface area contributed by atoms with Crippen LogP contribution < -0.4 is 5.63 Å². The first kappa shape index (κ1) is 8.45. The lowest BCUT2D eigenvalue weighted by atomic mass is 10.3. The van der Waals surface area contributed by atoms with Crippen molar-refractivity contribution in [3.05, 3.63) is 34.6 Å². The summed E-state index contributed by atoms with van der Waals surface area (Å²) in [7, 11) is 0. The molecule has 0 aliphatic carbocycles. The van der Waals surface area contributed by atoms with Crippen molar-refractivity contribution >= 4 is 5.83 Å². The van der Waals surface area contributed by atoms with Crippen LogP contribution in [0.15, 0.2) is 27.7 Å². The van der Waals surface area contributed by atoms with Gasteiger partial charge in [-0.25, -0.2) is 13.6 Å². The first-order valence-corrected chi connectivity index (χ1v) is 2.94. The van der Waals surface area contributed by atoms with Gasteiger partial charge >= 0.3 is 5.63 Å². The third kappa shape index (κ3) is 1.69. The lowest BCUT2D eigenvalue weighted by Crippen LogP contribution is -1.96. The van der Waals surface area contributed by atoms with E-state index in [4.69, 9.17) is 5.11 Å². The molecule has 12 heavy (non-hydrogen) atoms. The van der Waals surface area contributed by atoms with Gasteiger partial charge in [0.25, 0.3) is 0 Å². The van der Waals surface area contributed by atoms with Gasteiger partial charge in [0, 0.05) is 6.07 Å². The topological polar surface area (TPSA) is 50.4 Å². The highest BCUT2D eigenvalue weighted by molar-refractivity contribution is 5.53. The van der Waals surface area contributed by atoms with Gasteiger partial charge < -0.3 is 9.52 Å². The van der Waals surface area contributed by atoms with Gasteiger partial charge in [0.1, 0.15) is 12.1 Å². The molecule has 0 spiro atoms. The predicted octanol–water partition coefficient (Wildman–Crippen LogP) is 1.58. The summed E-state index contributed by atoms with van der Waals surface area (Å²) in [5.74, 6) is -2.45. The minimum atomic E-state index is -1.34. The molecule has 0 aliphatic rings. The summed E-state index contributed by atoms with van der Waals surface area (Å²) in [4.78, 5) is 10.5. The van der Waals surface area contributed by atoms with E-state index in [-0.39, 0.29) is 6.33 Å². The van der Waals surface area contributed by atoms with Crippen molar-refractivity contribution in [2.45, 2.75) is 0 Å². The minimum Gasteiger partial charge on any atom is -0.508 e. The Labute approximate surface area is 65.6 Å². The standard InChI is InChI=1S/C7H4F2O3/c8-3-5(9)6-1-4(10)2-7(11)12-6/h1-3,10H/b5-3-. The fourth-order valence-electron chi connectivity index (χ4n) is 0.635. The summed E-state index contributed by atoms with van der Waals surface area (Å²) in [5, 5.41) is 8.76. The van der Waals surface area contributed by atoms with Crippen molar-refractivity contribution in [2.75, 3.05) is 0 Å². The first-order valence-electron chi connectivity index (χ1n) is 2.94. The lowest BCUT2D eigenvalue weighted by Gasteiger charge is -1.94. The summed E-state index contributed by atoms with van der Waals surface area (Å²) >= 11 is 0. The molecule has 1 heterocycles. The van der Waals surface area contributed by atoms with Crippen molar-refractivity contribution in [2.24, 2.45) is 0 Å². The van der Waals surface area contributed by atoms with E-state index in [1.165, 1.54) is 0 Å². The smallest absolute Gasteiger partial charge is 0.340 e. The molecule has 0 saturated carbocycles. The van der Waals surface area contributed by atoms with E-state index >= 15 is 0 Å². The van der Waals surface area contributed by atoms with Crippen LogP contribution in [0.3, 0.4) is 0 Å². The first-order chi connectivity index (χ1) is 5.63. The maximum Gasteiger partial charge on any atom is 0.340 e. The van der Waals surface area contributed by atoms with E-state index < -0.39 is 23.0 Å². The fourth-order valence-corrected chi connectivity index (χ4v) is 0.635. The highest BCUT2D eigenvalue weighted by Gasteiger charge is 2.05. The Bertz CT molecular complexity index is 367. The highest BCUT2D eigenvalue weighted by Crippen LogP contribution is 2.17. The quantitative estimate of drug-likeness (QED) is 0.703. The molecule has 0 unspecified atom stereocenters. The molecular weight excluding hydrogens is 170 g/mol. The lowest BCUT2D eigenvalue weighted by molar-refractivity contribution is 0.435. The van der Waals surface area contributed by atoms with E-state index in [1.807, 2.05) is 0 Å². The normalized spacial score (nSPS) is 11.7. The number of hydrogen-bond donors (Lipinski definition) is 1. The molecule has 0 saturated heterocycles. The van der Waals surface area contributed by atoms with Crippen molar-refractivity contribution in [3.63, 3.8) is 0 Å². The Morgan fingerprint density at radius 2 is 2.25 bits per heavy atom. The zero-order valence-electron chi connectivity index (χ0n) is 5.75. The molecule has 0 aromatic carbocycles. The molecule has 1 N–H and O–H groups in total. The van der Waals surface area contributed by atoms with Crippen molar-refractivity contribution in [1.29, 1.82) is 0 Å². The molecule has 5 heteroatoms. The van der Waals surface area contributed by atoms with Gasteiger partial charge in [-0.05, 0) is 0 Å². The van der Waals surface area contributed by atoms with Gasteiger partial charge in [-0.15, -0.1) is 0 Å².